The molecule has 0 atom stereocenters. The number of anilines is 1. The first-order chi connectivity index (χ1) is 14.1. The van der Waals surface area contributed by atoms with Crippen molar-refractivity contribution in [2.75, 3.05) is 25.7 Å². The van der Waals surface area contributed by atoms with E-state index in [4.69, 9.17) is 0 Å². The summed E-state index contributed by atoms with van der Waals surface area (Å²) in [5.41, 5.74) is 3.87. The van der Waals surface area contributed by atoms with Crippen LogP contribution in [0.15, 0.2) is 109 Å². The molecule has 0 unspecified atom stereocenters. The van der Waals surface area contributed by atoms with Gasteiger partial charge in [-0.05, 0) is 0 Å². The first-order valence-electron chi connectivity index (χ1n) is 10.1. The average molecular weight is 398 g/mol. The zero-order chi connectivity index (χ0) is 20.3. The van der Waals surface area contributed by atoms with Crippen LogP contribution in [0.4, 0.5) is 5.69 Å². The van der Waals surface area contributed by atoms with Crippen LogP contribution in [-0.2, 0) is 0 Å². The van der Waals surface area contributed by atoms with Crippen LogP contribution in [-0.4, -0.2) is 20.8 Å². The number of rotatable bonds is 5. The van der Waals surface area contributed by atoms with Gasteiger partial charge in [-0.1, -0.05) is 0 Å². The Kier molecular flexibility index (Phi) is 5.51. The predicted octanol–water partition coefficient (Wildman–Crippen LogP) is 5.08. The van der Waals surface area contributed by atoms with Crippen molar-refractivity contribution in [3.8, 4) is 11.1 Å². The molecule has 0 fully saturated rings. The molecule has 0 saturated heterocycles. The Hall–Kier alpha value is -2.89. The van der Waals surface area contributed by atoms with E-state index in [0.717, 1.165) is 0 Å². The summed E-state index contributed by atoms with van der Waals surface area (Å²) in [4.78, 5) is 2.20. The molecule has 0 heterocycles. The minimum atomic E-state index is -2.18. The molecule has 29 heavy (non-hydrogen) atoms. The summed E-state index contributed by atoms with van der Waals surface area (Å²) in [7, 11) is 2.05. The maximum atomic E-state index is 2.48. The monoisotopic (exact) mass is 397 g/mol. The Morgan fingerprint density at radius 2 is 0.966 bits per heavy atom. The second-order valence-corrected chi connectivity index (χ2v) is 11.8. The van der Waals surface area contributed by atoms with Crippen molar-refractivity contribution >= 4 is 28.9 Å². The van der Waals surface area contributed by atoms with Gasteiger partial charge in [-0.3, -0.25) is 0 Å². The van der Waals surface area contributed by atoms with Crippen LogP contribution in [0.2, 0.25) is 0 Å². The van der Waals surface area contributed by atoms with E-state index in [2.05, 4.69) is 135 Å². The van der Waals surface area contributed by atoms with Gasteiger partial charge in [-0.15, -0.1) is 0 Å². The summed E-state index contributed by atoms with van der Waals surface area (Å²) in [6, 6.07) is 39.8. The maximum absolute atomic E-state index is 2.48. The Bertz CT molecular complexity index is 1050. The Morgan fingerprint density at radius 3 is 1.52 bits per heavy atom. The van der Waals surface area contributed by atoms with Crippen LogP contribution in [0, 0.1) is 0 Å². The van der Waals surface area contributed by atoms with Crippen molar-refractivity contribution in [2.24, 2.45) is 0 Å². The van der Waals surface area contributed by atoms with Gasteiger partial charge in [0.15, 0.2) is 0 Å². The number of hydrogen-bond donors (Lipinski definition) is 0. The Labute approximate surface area is 175 Å². The van der Waals surface area contributed by atoms with Gasteiger partial charge in [-0.25, -0.2) is 0 Å². The van der Waals surface area contributed by atoms with Crippen molar-refractivity contribution in [2.45, 2.75) is 0 Å². The first-order valence-corrected chi connectivity index (χ1v) is 12.6. The van der Waals surface area contributed by atoms with Crippen molar-refractivity contribution in [3.05, 3.63) is 109 Å². The number of hydrogen-bond acceptors (Lipinski definition) is 1. The number of benzene rings is 4. The molecule has 4 aromatic carbocycles. The van der Waals surface area contributed by atoms with Gasteiger partial charge in [0.1, 0.15) is 0 Å². The first kappa shape index (κ1) is 19.4. The molecule has 4 rings (SSSR count). The molecule has 146 valence electrons. The van der Waals surface area contributed by atoms with Gasteiger partial charge < -0.3 is 0 Å². The summed E-state index contributed by atoms with van der Waals surface area (Å²) in [6.45, 7) is 2.48. The third-order valence-corrected chi connectivity index (χ3v) is 10.3. The second kappa shape index (κ2) is 8.23. The van der Waals surface area contributed by atoms with E-state index in [9.17, 15) is 0 Å². The molecule has 0 aliphatic carbocycles. The topological polar surface area (TPSA) is 3.24 Å². The van der Waals surface area contributed by atoms with E-state index in [1.807, 2.05) is 0 Å². The molecule has 0 aromatic heterocycles. The van der Waals surface area contributed by atoms with Crippen LogP contribution in [0.25, 0.3) is 11.1 Å². The van der Waals surface area contributed by atoms with Crippen molar-refractivity contribution in [1.29, 1.82) is 0 Å². The average Bonchev–Trinajstić information content (AvgIpc) is 2.79. The molecule has 0 amide bonds. The fourth-order valence-electron chi connectivity index (χ4n) is 4.27. The third-order valence-electron chi connectivity index (χ3n) is 5.84. The Balaban J connectivity index is 2.03. The minimum absolute atomic E-state index is 1.25. The molecule has 0 bridgehead atoms. The Morgan fingerprint density at radius 1 is 0.517 bits per heavy atom. The van der Waals surface area contributed by atoms with E-state index in [0.29, 0.717) is 0 Å². The van der Waals surface area contributed by atoms with Crippen LogP contribution in [0.1, 0.15) is 0 Å². The van der Waals surface area contributed by atoms with Gasteiger partial charge in [0, 0.05) is 0 Å². The van der Waals surface area contributed by atoms with Crippen LogP contribution in [0.5, 0.6) is 0 Å². The fraction of sp³-hybridized carbons (Fsp3) is 0.111. The predicted molar refractivity (Wildman–Crippen MR) is 132 cm³/mol. The molecule has 0 spiro atoms. The molecule has 0 N–H and O–H groups in total. The van der Waals surface area contributed by atoms with E-state index >= 15 is 0 Å². The van der Waals surface area contributed by atoms with Crippen molar-refractivity contribution in [3.63, 3.8) is 0 Å². The number of nitrogens with zero attached hydrogens (tertiary/aromatic N) is 1. The molecule has 2 heteroatoms. The molecule has 0 saturated carbocycles. The van der Waals surface area contributed by atoms with Gasteiger partial charge in [0.05, 0.1) is 0 Å². The summed E-state index contributed by atoms with van der Waals surface area (Å²) >= 11 is 0. The summed E-state index contributed by atoms with van der Waals surface area (Å²) in [6.07, 6.45) is 0. The molecular formula is C27H28NP. The fourth-order valence-corrected chi connectivity index (χ4v) is 8.13. The molecule has 4 aromatic rings. The summed E-state index contributed by atoms with van der Waals surface area (Å²) in [5, 5.41) is 4.31. The normalized spacial score (nSPS) is 11.8. The second-order valence-electron chi connectivity index (χ2n) is 7.81. The van der Waals surface area contributed by atoms with Gasteiger partial charge in [0.2, 0.25) is 0 Å². The van der Waals surface area contributed by atoms with E-state index in [-0.39, 0.29) is 0 Å². The zero-order valence-electron chi connectivity index (χ0n) is 17.3. The molecule has 0 aliphatic heterocycles. The number of para-hydroxylation sites is 1. The van der Waals surface area contributed by atoms with Gasteiger partial charge in [-0.2, -0.15) is 0 Å². The SMILES string of the molecule is CN(C)c1ccccc1-c1ccccc1[PH](C)(c1ccccc1)c1ccccc1. The quantitative estimate of drug-likeness (QED) is 0.425. The van der Waals surface area contributed by atoms with Crippen LogP contribution < -0.4 is 20.8 Å². The zero-order valence-corrected chi connectivity index (χ0v) is 18.3. The summed E-state index contributed by atoms with van der Waals surface area (Å²) < 4.78 is 0. The standard InChI is InChI=1S/C27H28NP/c1-28(2)26-20-12-10-18-24(26)25-19-11-13-21-27(25)29(3,22-14-6-4-7-15-22)23-16-8-5-9-17-23/h4-21,29H,1-3H3. The van der Waals surface area contributed by atoms with E-state index < -0.39 is 7.26 Å². The van der Waals surface area contributed by atoms with Crippen LogP contribution in [0.3, 0.4) is 0 Å². The molecular weight excluding hydrogens is 369 g/mol. The van der Waals surface area contributed by atoms with Crippen molar-refractivity contribution in [1.82, 2.24) is 0 Å². The summed E-state index contributed by atoms with van der Waals surface area (Å²) in [5.74, 6) is 0. The third kappa shape index (κ3) is 3.59. The van der Waals surface area contributed by atoms with Gasteiger partial charge in [0.25, 0.3) is 0 Å². The van der Waals surface area contributed by atoms with Gasteiger partial charge >= 0.3 is 175 Å². The molecule has 0 radical (unpaired) electrons. The van der Waals surface area contributed by atoms with E-state index in [1.165, 1.54) is 32.7 Å². The van der Waals surface area contributed by atoms with E-state index in [1.54, 1.807) is 0 Å². The van der Waals surface area contributed by atoms with Crippen LogP contribution >= 0.6 is 7.26 Å². The van der Waals surface area contributed by atoms with Crippen molar-refractivity contribution < 1.29 is 0 Å². The molecule has 1 nitrogen and oxygen atoms in total. The molecule has 0 aliphatic rings.